The number of hydrogen-bond acceptors (Lipinski definition) is 4. The lowest BCUT2D eigenvalue weighted by Crippen LogP contribution is -2.56. The number of carbonyl (C=O) groups excluding carboxylic acids is 1. The van der Waals surface area contributed by atoms with Crippen LogP contribution in [0.2, 0.25) is 0 Å². The molecule has 0 aliphatic carbocycles. The second kappa shape index (κ2) is 6.50. The SMILES string of the molecule is C[C@H]1OCCN[C@@H]1C(=O)NCC1CCN(C)CC1. The Morgan fingerprint density at radius 1 is 1.44 bits per heavy atom. The summed E-state index contributed by atoms with van der Waals surface area (Å²) in [6.07, 6.45) is 2.33. The summed E-state index contributed by atoms with van der Waals surface area (Å²) in [5.41, 5.74) is 0. The number of ether oxygens (including phenoxy) is 1. The fraction of sp³-hybridized carbons (Fsp3) is 0.923. The summed E-state index contributed by atoms with van der Waals surface area (Å²) in [5, 5.41) is 6.29. The Hall–Kier alpha value is -0.650. The number of piperidine rings is 1. The van der Waals surface area contributed by atoms with Gasteiger partial charge in [0.15, 0.2) is 0 Å². The van der Waals surface area contributed by atoms with Gasteiger partial charge in [-0.1, -0.05) is 0 Å². The van der Waals surface area contributed by atoms with Crippen molar-refractivity contribution in [3.8, 4) is 0 Å². The van der Waals surface area contributed by atoms with Crippen molar-refractivity contribution in [1.82, 2.24) is 15.5 Å². The van der Waals surface area contributed by atoms with Gasteiger partial charge in [-0.05, 0) is 45.8 Å². The van der Waals surface area contributed by atoms with E-state index in [1.54, 1.807) is 0 Å². The fourth-order valence-electron chi connectivity index (χ4n) is 2.65. The standard InChI is InChI=1S/C13H25N3O2/c1-10-12(14-5-8-18-10)13(17)15-9-11-3-6-16(2)7-4-11/h10-12,14H,3-9H2,1-2H3,(H,15,17)/t10-,12+/m1/s1. The van der Waals surface area contributed by atoms with Gasteiger partial charge in [-0.15, -0.1) is 0 Å². The smallest absolute Gasteiger partial charge is 0.239 e. The van der Waals surface area contributed by atoms with E-state index < -0.39 is 0 Å². The van der Waals surface area contributed by atoms with Crippen molar-refractivity contribution in [3.63, 3.8) is 0 Å². The Morgan fingerprint density at radius 2 is 2.17 bits per heavy atom. The molecular weight excluding hydrogens is 230 g/mol. The summed E-state index contributed by atoms with van der Waals surface area (Å²) in [7, 11) is 2.15. The monoisotopic (exact) mass is 255 g/mol. The van der Waals surface area contributed by atoms with Crippen LogP contribution in [0.1, 0.15) is 19.8 Å². The van der Waals surface area contributed by atoms with Crippen LogP contribution in [0, 0.1) is 5.92 Å². The molecule has 1 amide bonds. The van der Waals surface area contributed by atoms with Gasteiger partial charge in [-0.3, -0.25) is 4.79 Å². The molecule has 5 heteroatoms. The van der Waals surface area contributed by atoms with Crippen molar-refractivity contribution in [3.05, 3.63) is 0 Å². The summed E-state index contributed by atoms with van der Waals surface area (Å²) >= 11 is 0. The zero-order valence-corrected chi connectivity index (χ0v) is 11.4. The maximum absolute atomic E-state index is 12.1. The number of carbonyl (C=O) groups is 1. The van der Waals surface area contributed by atoms with Crippen LogP contribution in [-0.2, 0) is 9.53 Å². The molecule has 2 fully saturated rings. The molecule has 18 heavy (non-hydrogen) atoms. The molecule has 0 bridgehead atoms. The summed E-state index contributed by atoms with van der Waals surface area (Å²) < 4.78 is 5.49. The van der Waals surface area contributed by atoms with Gasteiger partial charge in [0.2, 0.25) is 5.91 Å². The zero-order chi connectivity index (χ0) is 13.0. The van der Waals surface area contributed by atoms with E-state index in [1.807, 2.05) is 6.92 Å². The normalized spacial score (nSPS) is 31.2. The number of likely N-dealkylation sites (tertiary alicyclic amines) is 1. The lowest BCUT2D eigenvalue weighted by atomic mass is 9.97. The van der Waals surface area contributed by atoms with Crippen LogP contribution < -0.4 is 10.6 Å². The topological polar surface area (TPSA) is 53.6 Å². The third-order valence-electron chi connectivity index (χ3n) is 4.00. The molecule has 2 aliphatic rings. The van der Waals surface area contributed by atoms with E-state index in [0.29, 0.717) is 12.5 Å². The fourth-order valence-corrected chi connectivity index (χ4v) is 2.65. The number of amides is 1. The van der Waals surface area contributed by atoms with E-state index >= 15 is 0 Å². The van der Waals surface area contributed by atoms with E-state index in [0.717, 1.165) is 26.2 Å². The molecule has 104 valence electrons. The molecular formula is C13H25N3O2. The van der Waals surface area contributed by atoms with Crippen molar-refractivity contribution in [2.75, 3.05) is 39.8 Å². The van der Waals surface area contributed by atoms with E-state index in [-0.39, 0.29) is 18.1 Å². The molecule has 5 nitrogen and oxygen atoms in total. The molecule has 0 saturated carbocycles. The summed E-state index contributed by atoms with van der Waals surface area (Å²) in [6.45, 7) is 6.49. The Balaban J connectivity index is 1.71. The molecule has 0 unspecified atom stereocenters. The molecule has 0 aromatic carbocycles. The molecule has 2 rings (SSSR count). The number of hydrogen-bond donors (Lipinski definition) is 2. The molecule has 2 heterocycles. The predicted octanol–water partition coefficient (Wildman–Crippen LogP) is -0.179. The molecule has 0 aromatic heterocycles. The van der Waals surface area contributed by atoms with Crippen molar-refractivity contribution in [1.29, 1.82) is 0 Å². The van der Waals surface area contributed by atoms with Crippen LogP contribution in [0.25, 0.3) is 0 Å². The van der Waals surface area contributed by atoms with Gasteiger partial charge in [0.1, 0.15) is 6.04 Å². The van der Waals surface area contributed by atoms with E-state index in [9.17, 15) is 4.79 Å². The van der Waals surface area contributed by atoms with Gasteiger partial charge in [-0.2, -0.15) is 0 Å². The summed E-state index contributed by atoms with van der Waals surface area (Å²) in [4.78, 5) is 14.4. The zero-order valence-electron chi connectivity index (χ0n) is 11.4. The largest absolute Gasteiger partial charge is 0.375 e. The Bertz CT molecular complexity index is 277. The lowest BCUT2D eigenvalue weighted by molar-refractivity contribution is -0.129. The average Bonchev–Trinajstić information content (AvgIpc) is 2.38. The minimum atomic E-state index is -0.190. The second-order valence-corrected chi connectivity index (χ2v) is 5.50. The van der Waals surface area contributed by atoms with Crippen molar-refractivity contribution in [2.24, 2.45) is 5.92 Å². The number of nitrogens with one attached hydrogen (secondary N) is 2. The number of morpholine rings is 1. The van der Waals surface area contributed by atoms with Crippen LogP contribution in [0.5, 0.6) is 0 Å². The minimum absolute atomic E-state index is 0.0313. The minimum Gasteiger partial charge on any atom is -0.375 e. The highest BCUT2D eigenvalue weighted by Gasteiger charge is 2.28. The van der Waals surface area contributed by atoms with Crippen LogP contribution in [0.15, 0.2) is 0 Å². The Labute approximate surface area is 109 Å². The predicted molar refractivity (Wildman–Crippen MR) is 70.4 cm³/mol. The van der Waals surface area contributed by atoms with Crippen LogP contribution >= 0.6 is 0 Å². The first-order valence-corrected chi connectivity index (χ1v) is 6.98. The highest BCUT2D eigenvalue weighted by Crippen LogP contribution is 2.15. The molecule has 0 spiro atoms. The molecule has 0 radical (unpaired) electrons. The van der Waals surface area contributed by atoms with Crippen molar-refractivity contribution >= 4 is 5.91 Å². The van der Waals surface area contributed by atoms with E-state index in [2.05, 4.69) is 22.6 Å². The molecule has 2 aliphatic heterocycles. The van der Waals surface area contributed by atoms with Crippen LogP contribution in [0.3, 0.4) is 0 Å². The maximum atomic E-state index is 12.1. The average molecular weight is 255 g/mol. The van der Waals surface area contributed by atoms with Gasteiger partial charge >= 0.3 is 0 Å². The highest BCUT2D eigenvalue weighted by atomic mass is 16.5. The van der Waals surface area contributed by atoms with E-state index in [1.165, 1.54) is 12.8 Å². The summed E-state index contributed by atoms with van der Waals surface area (Å²) in [5.74, 6) is 0.714. The first kappa shape index (κ1) is 13.8. The molecule has 2 atom stereocenters. The van der Waals surface area contributed by atoms with Gasteiger partial charge in [0.25, 0.3) is 0 Å². The van der Waals surface area contributed by atoms with Gasteiger partial charge in [0, 0.05) is 13.1 Å². The van der Waals surface area contributed by atoms with Crippen molar-refractivity contribution < 1.29 is 9.53 Å². The first-order valence-electron chi connectivity index (χ1n) is 6.98. The Morgan fingerprint density at radius 3 is 2.83 bits per heavy atom. The third-order valence-corrected chi connectivity index (χ3v) is 4.00. The Kier molecular flexibility index (Phi) is 4.97. The quantitative estimate of drug-likeness (QED) is 0.735. The van der Waals surface area contributed by atoms with Gasteiger partial charge in [0.05, 0.1) is 12.7 Å². The molecule has 0 aromatic rings. The summed E-state index contributed by atoms with van der Waals surface area (Å²) in [6, 6.07) is -0.190. The first-order chi connectivity index (χ1) is 8.66. The van der Waals surface area contributed by atoms with E-state index in [4.69, 9.17) is 4.74 Å². The maximum Gasteiger partial charge on any atom is 0.239 e. The number of nitrogens with zero attached hydrogens (tertiary/aromatic N) is 1. The highest BCUT2D eigenvalue weighted by molar-refractivity contribution is 5.82. The van der Waals surface area contributed by atoms with Gasteiger partial charge in [-0.25, -0.2) is 0 Å². The molecule has 2 saturated heterocycles. The van der Waals surface area contributed by atoms with Gasteiger partial charge < -0.3 is 20.3 Å². The third kappa shape index (κ3) is 3.67. The lowest BCUT2D eigenvalue weighted by Gasteiger charge is -2.31. The van der Waals surface area contributed by atoms with Crippen LogP contribution in [0.4, 0.5) is 0 Å². The van der Waals surface area contributed by atoms with Crippen molar-refractivity contribution in [2.45, 2.75) is 31.9 Å². The van der Waals surface area contributed by atoms with Crippen LogP contribution in [-0.4, -0.2) is 62.8 Å². The number of rotatable bonds is 3. The molecule has 2 N–H and O–H groups in total. The second-order valence-electron chi connectivity index (χ2n) is 5.50.